The van der Waals surface area contributed by atoms with E-state index in [1.807, 2.05) is 0 Å². The van der Waals surface area contributed by atoms with Crippen molar-refractivity contribution < 1.29 is 4.74 Å². The van der Waals surface area contributed by atoms with Gasteiger partial charge in [0.15, 0.2) is 0 Å². The molecule has 1 unspecified atom stereocenters. The van der Waals surface area contributed by atoms with Gasteiger partial charge in [0, 0.05) is 13.1 Å². The zero-order chi connectivity index (χ0) is 15.2. The molecule has 0 radical (unpaired) electrons. The number of ether oxygens (including phenoxy) is 1. The van der Waals surface area contributed by atoms with E-state index in [1.54, 1.807) is 0 Å². The summed E-state index contributed by atoms with van der Waals surface area (Å²) in [5.41, 5.74) is 2.48. The first-order chi connectivity index (χ1) is 10.9. The lowest BCUT2D eigenvalue weighted by molar-refractivity contribution is 0.0143. The van der Waals surface area contributed by atoms with Crippen LogP contribution in [0.15, 0.2) is 60.7 Å². The SMILES string of the molecule is CCCN1CCC(OC(c2ccccc2)c2ccccc2)C1. The molecule has 2 aromatic rings. The van der Waals surface area contributed by atoms with Gasteiger partial charge in [0.1, 0.15) is 6.10 Å². The molecule has 0 N–H and O–H groups in total. The Morgan fingerprint density at radius 1 is 1.00 bits per heavy atom. The molecule has 0 aromatic heterocycles. The minimum Gasteiger partial charge on any atom is -0.364 e. The lowest BCUT2D eigenvalue weighted by Crippen LogP contribution is -2.25. The molecule has 1 atom stereocenters. The van der Waals surface area contributed by atoms with Crippen molar-refractivity contribution >= 4 is 0 Å². The lowest BCUT2D eigenvalue weighted by atomic mass is 10.0. The van der Waals surface area contributed by atoms with Crippen LogP contribution < -0.4 is 0 Å². The lowest BCUT2D eigenvalue weighted by Gasteiger charge is -2.23. The largest absolute Gasteiger partial charge is 0.364 e. The molecule has 2 heteroatoms. The fourth-order valence-corrected chi connectivity index (χ4v) is 3.23. The molecule has 1 aliphatic rings. The fourth-order valence-electron chi connectivity index (χ4n) is 3.23. The highest BCUT2D eigenvalue weighted by molar-refractivity contribution is 5.30. The van der Waals surface area contributed by atoms with Gasteiger partial charge >= 0.3 is 0 Å². The van der Waals surface area contributed by atoms with Crippen LogP contribution in [-0.4, -0.2) is 30.6 Å². The molecule has 1 saturated heterocycles. The van der Waals surface area contributed by atoms with E-state index in [-0.39, 0.29) is 6.10 Å². The van der Waals surface area contributed by atoms with Crippen molar-refractivity contribution in [3.8, 4) is 0 Å². The van der Waals surface area contributed by atoms with Crippen molar-refractivity contribution in [2.45, 2.75) is 32.0 Å². The Bertz CT molecular complexity index is 515. The molecule has 116 valence electrons. The maximum absolute atomic E-state index is 6.52. The normalized spacial score (nSPS) is 18.9. The summed E-state index contributed by atoms with van der Waals surface area (Å²) in [4.78, 5) is 2.51. The van der Waals surface area contributed by atoms with Crippen LogP contribution in [0.25, 0.3) is 0 Å². The van der Waals surface area contributed by atoms with Gasteiger partial charge in [-0.05, 0) is 30.5 Å². The molecule has 1 aliphatic heterocycles. The second-order valence-corrected chi connectivity index (χ2v) is 6.05. The average molecular weight is 295 g/mol. The zero-order valence-electron chi connectivity index (χ0n) is 13.3. The Morgan fingerprint density at radius 2 is 1.59 bits per heavy atom. The first-order valence-electron chi connectivity index (χ1n) is 8.34. The number of likely N-dealkylation sites (tertiary alicyclic amines) is 1. The molecule has 2 aromatic carbocycles. The summed E-state index contributed by atoms with van der Waals surface area (Å²) >= 11 is 0. The number of benzene rings is 2. The summed E-state index contributed by atoms with van der Waals surface area (Å²) in [6.07, 6.45) is 2.72. The van der Waals surface area contributed by atoms with Crippen molar-refractivity contribution in [3.63, 3.8) is 0 Å². The van der Waals surface area contributed by atoms with E-state index in [4.69, 9.17) is 4.74 Å². The second-order valence-electron chi connectivity index (χ2n) is 6.05. The van der Waals surface area contributed by atoms with E-state index < -0.39 is 0 Å². The number of nitrogens with zero attached hydrogens (tertiary/aromatic N) is 1. The summed E-state index contributed by atoms with van der Waals surface area (Å²) in [7, 11) is 0. The number of hydrogen-bond donors (Lipinski definition) is 0. The Balaban J connectivity index is 1.76. The Hall–Kier alpha value is -1.64. The molecule has 0 amide bonds. The van der Waals surface area contributed by atoms with Crippen molar-refractivity contribution in [1.82, 2.24) is 4.90 Å². The zero-order valence-corrected chi connectivity index (χ0v) is 13.3. The third-order valence-electron chi connectivity index (χ3n) is 4.30. The first-order valence-corrected chi connectivity index (χ1v) is 8.34. The number of rotatable bonds is 6. The quantitative estimate of drug-likeness (QED) is 0.789. The van der Waals surface area contributed by atoms with Gasteiger partial charge in [0.05, 0.1) is 6.10 Å². The van der Waals surface area contributed by atoms with Gasteiger partial charge in [-0.1, -0.05) is 67.6 Å². The van der Waals surface area contributed by atoms with Crippen LogP contribution in [0.3, 0.4) is 0 Å². The van der Waals surface area contributed by atoms with E-state index in [0.29, 0.717) is 6.10 Å². The summed E-state index contributed by atoms with van der Waals surface area (Å²) < 4.78 is 6.52. The molecule has 2 nitrogen and oxygen atoms in total. The maximum Gasteiger partial charge on any atom is 0.108 e. The van der Waals surface area contributed by atoms with Gasteiger partial charge in [-0.15, -0.1) is 0 Å². The van der Waals surface area contributed by atoms with Crippen molar-refractivity contribution in [2.75, 3.05) is 19.6 Å². The average Bonchev–Trinajstić information content (AvgIpc) is 3.02. The molecular weight excluding hydrogens is 270 g/mol. The molecule has 1 fully saturated rings. The first kappa shape index (κ1) is 15.3. The molecule has 0 saturated carbocycles. The second kappa shape index (κ2) is 7.57. The minimum atomic E-state index is 0.0361. The van der Waals surface area contributed by atoms with Crippen LogP contribution in [0, 0.1) is 0 Å². The molecule has 22 heavy (non-hydrogen) atoms. The summed E-state index contributed by atoms with van der Waals surface area (Å²) in [6, 6.07) is 21.1. The van der Waals surface area contributed by atoms with Crippen LogP contribution >= 0.6 is 0 Å². The predicted octanol–water partition coefficient (Wildman–Crippen LogP) is 4.28. The molecular formula is C20H25NO. The summed E-state index contributed by atoms with van der Waals surface area (Å²) in [5, 5.41) is 0. The highest BCUT2D eigenvalue weighted by atomic mass is 16.5. The highest BCUT2D eigenvalue weighted by Crippen LogP contribution is 2.29. The van der Waals surface area contributed by atoms with Gasteiger partial charge in [-0.3, -0.25) is 0 Å². The topological polar surface area (TPSA) is 12.5 Å². The smallest absolute Gasteiger partial charge is 0.108 e. The third-order valence-corrected chi connectivity index (χ3v) is 4.30. The van der Waals surface area contributed by atoms with E-state index in [0.717, 1.165) is 19.5 Å². The van der Waals surface area contributed by atoms with Gasteiger partial charge < -0.3 is 9.64 Å². The minimum absolute atomic E-state index is 0.0361. The third kappa shape index (κ3) is 3.76. The molecule has 0 bridgehead atoms. The van der Waals surface area contributed by atoms with Crippen molar-refractivity contribution in [2.24, 2.45) is 0 Å². The van der Waals surface area contributed by atoms with Gasteiger partial charge in [-0.2, -0.15) is 0 Å². The van der Waals surface area contributed by atoms with E-state index >= 15 is 0 Å². The Labute approximate surface area is 133 Å². The monoisotopic (exact) mass is 295 g/mol. The van der Waals surface area contributed by atoms with Gasteiger partial charge in [-0.25, -0.2) is 0 Å². The molecule has 0 spiro atoms. The van der Waals surface area contributed by atoms with Crippen LogP contribution in [0.1, 0.15) is 37.0 Å². The van der Waals surface area contributed by atoms with Crippen LogP contribution in [0.5, 0.6) is 0 Å². The van der Waals surface area contributed by atoms with Gasteiger partial charge in [0.25, 0.3) is 0 Å². The highest BCUT2D eigenvalue weighted by Gasteiger charge is 2.26. The van der Waals surface area contributed by atoms with Crippen LogP contribution in [-0.2, 0) is 4.74 Å². The van der Waals surface area contributed by atoms with Crippen LogP contribution in [0.4, 0.5) is 0 Å². The standard InChI is InChI=1S/C20H25NO/c1-2-14-21-15-13-19(16-21)22-20(17-9-5-3-6-10-17)18-11-7-4-8-12-18/h3-12,19-20H,2,13-16H2,1H3. The predicted molar refractivity (Wildman–Crippen MR) is 90.9 cm³/mol. The summed E-state index contributed by atoms with van der Waals surface area (Å²) in [6.45, 7) is 5.64. The fraction of sp³-hybridized carbons (Fsp3) is 0.400. The number of hydrogen-bond acceptors (Lipinski definition) is 2. The molecule has 0 aliphatic carbocycles. The van der Waals surface area contributed by atoms with E-state index in [2.05, 4.69) is 72.5 Å². The van der Waals surface area contributed by atoms with Crippen molar-refractivity contribution in [1.29, 1.82) is 0 Å². The van der Waals surface area contributed by atoms with Gasteiger partial charge in [0.2, 0.25) is 0 Å². The maximum atomic E-state index is 6.52. The van der Waals surface area contributed by atoms with E-state index in [1.165, 1.54) is 24.1 Å². The van der Waals surface area contributed by atoms with Crippen molar-refractivity contribution in [3.05, 3.63) is 71.8 Å². The Kier molecular flexibility index (Phi) is 5.25. The summed E-state index contributed by atoms with van der Waals surface area (Å²) in [5.74, 6) is 0. The molecule has 1 heterocycles. The molecule has 3 rings (SSSR count). The van der Waals surface area contributed by atoms with E-state index in [9.17, 15) is 0 Å². The van der Waals surface area contributed by atoms with Crippen LogP contribution in [0.2, 0.25) is 0 Å². The Morgan fingerprint density at radius 3 is 2.14 bits per heavy atom.